The van der Waals surface area contributed by atoms with E-state index in [0.29, 0.717) is 28.5 Å². The molecule has 0 spiro atoms. The molecule has 4 heterocycles. The van der Waals surface area contributed by atoms with Crippen LogP contribution in [0, 0.1) is 12.7 Å². The van der Waals surface area contributed by atoms with Gasteiger partial charge in [-0.05, 0) is 25.1 Å². The molecule has 0 amide bonds. The van der Waals surface area contributed by atoms with Gasteiger partial charge in [0.2, 0.25) is 0 Å². The number of aliphatic hydroxyl groups excluding tert-OH is 2. The maximum absolute atomic E-state index is 13.3. The Hall–Kier alpha value is -3.19. The van der Waals surface area contributed by atoms with Crippen LogP contribution in [0.1, 0.15) is 24.0 Å². The largest absolute Gasteiger partial charge is 0.387 e. The van der Waals surface area contributed by atoms with E-state index in [2.05, 4.69) is 30.4 Å². The van der Waals surface area contributed by atoms with Crippen molar-refractivity contribution in [2.45, 2.75) is 31.5 Å². The van der Waals surface area contributed by atoms with Gasteiger partial charge in [0.1, 0.15) is 24.4 Å². The zero-order valence-electron chi connectivity index (χ0n) is 15.8. The fourth-order valence-electron chi connectivity index (χ4n) is 3.37. The second-order valence-corrected chi connectivity index (χ2v) is 7.31. The normalized spacial score (nSPS) is 23.5. The van der Waals surface area contributed by atoms with Crippen LogP contribution in [-0.2, 0) is 4.74 Å². The number of rotatable bonds is 4. The highest BCUT2D eigenvalue weighted by atomic mass is 35.5. The van der Waals surface area contributed by atoms with Crippen molar-refractivity contribution in [3.8, 4) is 0 Å². The molecule has 160 valence electrons. The van der Waals surface area contributed by atoms with Crippen LogP contribution in [0.15, 0.2) is 35.4 Å². The topological polar surface area (TPSA) is 144 Å². The average molecular weight is 448 g/mol. The summed E-state index contributed by atoms with van der Waals surface area (Å²) in [6, 6.07) is 3.90. The third-order valence-electron chi connectivity index (χ3n) is 4.84. The Morgan fingerprint density at radius 1 is 1.19 bits per heavy atom. The summed E-state index contributed by atoms with van der Waals surface area (Å²) in [6.07, 6.45) is -1.96. The fourth-order valence-corrected chi connectivity index (χ4v) is 3.58. The number of aromatic nitrogens is 6. The minimum Gasteiger partial charge on any atom is -0.387 e. The number of anilines is 2. The molecular weight excluding hydrogens is 433 g/mol. The first kappa shape index (κ1) is 19.8. The molecule has 5 rings (SSSR count). The van der Waals surface area contributed by atoms with Gasteiger partial charge >= 0.3 is 0 Å². The molecule has 0 unspecified atom stereocenters. The maximum Gasteiger partial charge on any atom is 0.258 e. The minimum atomic E-state index is -1.31. The summed E-state index contributed by atoms with van der Waals surface area (Å²) in [4.78, 5) is 16.7. The van der Waals surface area contributed by atoms with Crippen molar-refractivity contribution < 1.29 is 23.9 Å². The third kappa shape index (κ3) is 3.39. The summed E-state index contributed by atoms with van der Waals surface area (Å²) in [7, 11) is 0. The molecule has 13 heteroatoms. The van der Waals surface area contributed by atoms with Crippen LogP contribution in [-0.4, -0.2) is 52.1 Å². The van der Waals surface area contributed by atoms with E-state index in [9.17, 15) is 14.6 Å². The van der Waals surface area contributed by atoms with E-state index in [0.717, 1.165) is 0 Å². The summed E-state index contributed by atoms with van der Waals surface area (Å²) in [5.74, 6) is 0.276. The van der Waals surface area contributed by atoms with Crippen molar-refractivity contribution in [2.75, 3.05) is 5.32 Å². The molecule has 1 aliphatic rings. The van der Waals surface area contributed by atoms with Gasteiger partial charge in [0.15, 0.2) is 35.1 Å². The van der Waals surface area contributed by atoms with E-state index in [4.69, 9.17) is 20.9 Å². The van der Waals surface area contributed by atoms with Crippen molar-refractivity contribution in [1.82, 2.24) is 29.7 Å². The number of fused-ring (bicyclic) bond motifs is 1. The number of halogens is 2. The molecule has 31 heavy (non-hydrogen) atoms. The molecule has 0 saturated carbocycles. The monoisotopic (exact) mass is 447 g/mol. The number of aliphatic hydroxyl groups is 2. The average Bonchev–Trinajstić information content (AvgIpc) is 3.43. The van der Waals surface area contributed by atoms with Crippen molar-refractivity contribution in [3.05, 3.63) is 53.4 Å². The second kappa shape index (κ2) is 7.50. The first-order chi connectivity index (χ1) is 14.9. The Kier molecular flexibility index (Phi) is 4.78. The highest BCUT2D eigenvalue weighted by molar-refractivity contribution is 6.33. The Bertz CT molecular complexity index is 1260. The van der Waals surface area contributed by atoms with Gasteiger partial charge in [0.25, 0.3) is 5.89 Å². The molecule has 11 nitrogen and oxygen atoms in total. The first-order valence-corrected chi connectivity index (χ1v) is 9.51. The van der Waals surface area contributed by atoms with Crippen LogP contribution in [0.5, 0.6) is 0 Å². The molecule has 1 aliphatic heterocycles. The van der Waals surface area contributed by atoms with Crippen LogP contribution < -0.4 is 5.32 Å². The van der Waals surface area contributed by atoms with Crippen molar-refractivity contribution >= 4 is 34.3 Å². The smallest absolute Gasteiger partial charge is 0.258 e. The van der Waals surface area contributed by atoms with Crippen LogP contribution in [0.25, 0.3) is 11.2 Å². The molecule has 1 fully saturated rings. The predicted molar refractivity (Wildman–Crippen MR) is 104 cm³/mol. The number of hydrogen-bond donors (Lipinski definition) is 3. The lowest BCUT2D eigenvalue weighted by atomic mass is 10.1. The summed E-state index contributed by atoms with van der Waals surface area (Å²) < 4.78 is 25.7. The number of nitrogens with zero attached hydrogens (tertiary/aromatic N) is 6. The van der Waals surface area contributed by atoms with Crippen molar-refractivity contribution in [2.24, 2.45) is 0 Å². The quantitative estimate of drug-likeness (QED) is 0.425. The molecule has 3 aromatic heterocycles. The van der Waals surface area contributed by atoms with Gasteiger partial charge in [-0.15, -0.1) is 0 Å². The number of aryl methyl sites for hydroxylation is 1. The maximum atomic E-state index is 13.3. The van der Waals surface area contributed by atoms with Crippen LogP contribution in [0.2, 0.25) is 5.02 Å². The highest BCUT2D eigenvalue weighted by Gasteiger charge is 2.47. The van der Waals surface area contributed by atoms with E-state index >= 15 is 0 Å². The zero-order chi connectivity index (χ0) is 21.7. The summed E-state index contributed by atoms with van der Waals surface area (Å²) >= 11 is 6.08. The second-order valence-electron chi connectivity index (χ2n) is 6.90. The molecule has 4 atom stereocenters. The van der Waals surface area contributed by atoms with E-state index in [1.54, 1.807) is 6.92 Å². The summed E-state index contributed by atoms with van der Waals surface area (Å²) in [6.45, 7) is 1.63. The van der Waals surface area contributed by atoms with E-state index in [1.807, 2.05) is 0 Å². The van der Waals surface area contributed by atoms with Gasteiger partial charge in [-0.2, -0.15) is 4.98 Å². The van der Waals surface area contributed by atoms with Crippen LogP contribution in [0.4, 0.5) is 15.9 Å². The Morgan fingerprint density at radius 2 is 2.03 bits per heavy atom. The van der Waals surface area contributed by atoms with Gasteiger partial charge in [0, 0.05) is 0 Å². The molecule has 0 aliphatic carbocycles. The standard InChI is InChI=1S/C18H15ClFN7O4/c1-7-24-17(31-26-7)14-12(28)13(29)18(30-14)27-6-23-11-15(21-5-22-16(11)27)25-10-3-2-8(20)4-9(10)19/h2-6,12-14,18,28-29H,1H3,(H,21,22,25)/t12-,13+,14-,18+/m0/s1. The van der Waals surface area contributed by atoms with E-state index < -0.39 is 30.4 Å². The molecule has 1 saturated heterocycles. The minimum absolute atomic E-state index is 0.0545. The van der Waals surface area contributed by atoms with Crippen LogP contribution in [0.3, 0.4) is 0 Å². The van der Waals surface area contributed by atoms with E-state index in [1.165, 1.54) is 35.4 Å². The molecule has 3 N–H and O–H groups in total. The number of hydrogen-bond acceptors (Lipinski definition) is 10. The van der Waals surface area contributed by atoms with Crippen molar-refractivity contribution in [1.29, 1.82) is 0 Å². The highest BCUT2D eigenvalue weighted by Crippen LogP contribution is 2.39. The Balaban J connectivity index is 1.48. The summed E-state index contributed by atoms with van der Waals surface area (Å²) in [5, 5.41) is 27.8. The van der Waals surface area contributed by atoms with Gasteiger partial charge in [-0.1, -0.05) is 16.8 Å². The van der Waals surface area contributed by atoms with E-state index in [-0.39, 0.29) is 10.9 Å². The summed E-state index contributed by atoms with van der Waals surface area (Å²) in [5.41, 5.74) is 1.11. The number of imidazole rings is 1. The van der Waals surface area contributed by atoms with Crippen molar-refractivity contribution in [3.63, 3.8) is 0 Å². The molecule has 0 bridgehead atoms. The number of ether oxygens (including phenoxy) is 1. The van der Waals surface area contributed by atoms with Gasteiger partial charge < -0.3 is 24.8 Å². The molecule has 1 aromatic carbocycles. The third-order valence-corrected chi connectivity index (χ3v) is 5.15. The Morgan fingerprint density at radius 3 is 2.77 bits per heavy atom. The van der Waals surface area contributed by atoms with Crippen LogP contribution >= 0.6 is 11.6 Å². The molecule has 4 aromatic rings. The molecular formula is C18H15ClFN7O4. The number of benzene rings is 1. The van der Waals surface area contributed by atoms with Gasteiger partial charge in [0.05, 0.1) is 17.0 Å². The Labute approximate surface area is 178 Å². The first-order valence-electron chi connectivity index (χ1n) is 9.14. The number of nitrogens with one attached hydrogen (secondary N) is 1. The lowest BCUT2D eigenvalue weighted by molar-refractivity contribution is -0.0451. The lowest BCUT2D eigenvalue weighted by Crippen LogP contribution is -2.29. The SMILES string of the molecule is Cc1noc([C@H]2O[C@@H](n3cnc4c(Nc5ccc(F)cc5Cl)ncnc43)[C@H](O)[C@@H]2O)n1. The fraction of sp³-hybridized carbons (Fsp3) is 0.278. The molecule has 0 radical (unpaired) electrons. The lowest BCUT2D eigenvalue weighted by Gasteiger charge is -2.16. The van der Waals surface area contributed by atoms with Gasteiger partial charge in [-0.25, -0.2) is 19.3 Å². The van der Waals surface area contributed by atoms with Gasteiger partial charge in [-0.3, -0.25) is 4.57 Å². The zero-order valence-corrected chi connectivity index (χ0v) is 16.6. The predicted octanol–water partition coefficient (Wildman–Crippen LogP) is 2.05.